The first-order chi connectivity index (χ1) is 16.6. The third kappa shape index (κ3) is 5.07. The Balaban J connectivity index is 1.57. The summed E-state index contributed by atoms with van der Waals surface area (Å²) in [5.74, 6) is 0. The zero-order chi connectivity index (χ0) is 23.4. The molecular formula is C27H33N3O2S2. The van der Waals surface area contributed by atoms with Gasteiger partial charge in [-0.1, -0.05) is 62.4 Å². The molecule has 2 aromatic carbocycles. The minimum Gasteiger partial charge on any atom is -0.313 e. The Kier molecular flexibility index (Phi) is 7.32. The highest BCUT2D eigenvalue weighted by molar-refractivity contribution is 7.89. The number of hydrogen-bond acceptors (Lipinski definition) is 4. The number of hydrogen-bond donors (Lipinski definition) is 0. The Labute approximate surface area is 206 Å². The van der Waals surface area contributed by atoms with E-state index in [4.69, 9.17) is 4.99 Å². The zero-order valence-corrected chi connectivity index (χ0v) is 21.2. The second kappa shape index (κ2) is 10.6. The van der Waals surface area contributed by atoms with Gasteiger partial charge < -0.3 is 4.57 Å². The summed E-state index contributed by atoms with van der Waals surface area (Å²) in [5.41, 5.74) is 2.96. The molecular weight excluding hydrogens is 462 g/mol. The highest BCUT2D eigenvalue weighted by atomic mass is 32.2. The van der Waals surface area contributed by atoms with E-state index in [9.17, 15) is 8.42 Å². The number of aromatic nitrogens is 1. The first kappa shape index (κ1) is 23.5. The quantitative estimate of drug-likeness (QED) is 0.405. The van der Waals surface area contributed by atoms with E-state index >= 15 is 0 Å². The molecule has 0 amide bonds. The highest BCUT2D eigenvalue weighted by Gasteiger charge is 2.26. The summed E-state index contributed by atoms with van der Waals surface area (Å²) >= 11 is 1.64. The lowest BCUT2D eigenvalue weighted by Gasteiger charge is -2.25. The normalized spacial score (nSPS) is 19.2. The predicted molar refractivity (Wildman–Crippen MR) is 139 cm³/mol. The first-order valence-electron chi connectivity index (χ1n) is 12.5. The highest BCUT2D eigenvalue weighted by Crippen LogP contribution is 2.33. The fourth-order valence-electron chi connectivity index (χ4n) is 5.16. The maximum absolute atomic E-state index is 13.5. The standard InChI is InChI=1S/C27H33N3O2S2/c31-34(32,29-18-9-1-2-10-19-29)25-17-11-12-22(20-25)26-21-33-27(28-23-13-5-3-6-14-23)30(26)24-15-7-4-8-16-24/h3,5-6,11-14,17,20-21,24H,1-2,4,7-10,15-16,18-19H2. The van der Waals surface area contributed by atoms with Crippen LogP contribution in [0.4, 0.5) is 5.69 Å². The van der Waals surface area contributed by atoms with E-state index in [2.05, 4.69) is 9.95 Å². The molecule has 2 aliphatic rings. The molecule has 1 saturated heterocycles. The fraction of sp³-hybridized carbons (Fsp3) is 0.444. The van der Waals surface area contributed by atoms with Gasteiger partial charge in [0.05, 0.1) is 16.3 Å². The molecule has 5 nitrogen and oxygen atoms in total. The van der Waals surface area contributed by atoms with Gasteiger partial charge in [0, 0.05) is 30.1 Å². The fourth-order valence-corrected chi connectivity index (χ4v) is 7.71. The SMILES string of the molecule is O=S(=O)(c1cccc(-c2csc(=Nc3ccccc3)n2C2CCCCC2)c1)N1CCCCCC1. The maximum Gasteiger partial charge on any atom is 0.243 e. The van der Waals surface area contributed by atoms with Gasteiger partial charge in [0.15, 0.2) is 4.80 Å². The van der Waals surface area contributed by atoms with Gasteiger partial charge in [-0.3, -0.25) is 0 Å². The largest absolute Gasteiger partial charge is 0.313 e. The van der Waals surface area contributed by atoms with Crippen LogP contribution >= 0.6 is 11.3 Å². The number of sulfonamides is 1. The van der Waals surface area contributed by atoms with Crippen molar-refractivity contribution in [1.29, 1.82) is 0 Å². The van der Waals surface area contributed by atoms with Crippen LogP contribution in [0.3, 0.4) is 0 Å². The molecule has 7 heteroatoms. The number of rotatable bonds is 5. The van der Waals surface area contributed by atoms with Crippen LogP contribution in [0.1, 0.15) is 63.8 Å². The van der Waals surface area contributed by atoms with E-state index < -0.39 is 10.0 Å². The Morgan fingerprint density at radius 3 is 2.26 bits per heavy atom. The summed E-state index contributed by atoms with van der Waals surface area (Å²) in [6.45, 7) is 1.24. The number of thiazole rings is 1. The van der Waals surface area contributed by atoms with E-state index in [-0.39, 0.29) is 0 Å². The smallest absolute Gasteiger partial charge is 0.243 e. The van der Waals surface area contributed by atoms with Gasteiger partial charge in [-0.2, -0.15) is 4.31 Å². The number of benzene rings is 2. The molecule has 5 rings (SSSR count). The van der Waals surface area contributed by atoms with Crippen molar-refractivity contribution in [1.82, 2.24) is 8.87 Å². The van der Waals surface area contributed by atoms with Crippen molar-refractivity contribution in [2.75, 3.05) is 13.1 Å². The van der Waals surface area contributed by atoms with Gasteiger partial charge in [0.1, 0.15) is 0 Å². The van der Waals surface area contributed by atoms with Gasteiger partial charge in [-0.15, -0.1) is 11.3 Å². The number of nitrogens with zero attached hydrogens (tertiary/aromatic N) is 3. The summed E-state index contributed by atoms with van der Waals surface area (Å²) < 4.78 is 31.0. The maximum atomic E-state index is 13.5. The number of para-hydroxylation sites is 1. The van der Waals surface area contributed by atoms with Crippen LogP contribution in [0.15, 0.2) is 69.9 Å². The zero-order valence-electron chi connectivity index (χ0n) is 19.6. The Hall–Kier alpha value is -2.22. The second-order valence-electron chi connectivity index (χ2n) is 9.36. The third-order valence-electron chi connectivity index (χ3n) is 6.99. The van der Waals surface area contributed by atoms with Crippen molar-refractivity contribution in [3.05, 3.63) is 64.8 Å². The van der Waals surface area contributed by atoms with Gasteiger partial charge in [0.2, 0.25) is 10.0 Å². The average Bonchev–Trinajstić information content (AvgIpc) is 3.09. The molecule has 1 aliphatic carbocycles. The molecule has 2 fully saturated rings. The Morgan fingerprint density at radius 2 is 1.53 bits per heavy atom. The minimum absolute atomic E-state index is 0.392. The van der Waals surface area contributed by atoms with Crippen molar-refractivity contribution in [2.45, 2.75) is 68.7 Å². The summed E-state index contributed by atoms with van der Waals surface area (Å²) in [5, 5.41) is 2.15. The minimum atomic E-state index is -3.49. The lowest BCUT2D eigenvalue weighted by Crippen LogP contribution is -2.32. The molecule has 0 spiro atoms. The molecule has 2 heterocycles. The molecule has 180 valence electrons. The van der Waals surface area contributed by atoms with Gasteiger partial charge in [-0.05, 0) is 49.9 Å². The van der Waals surface area contributed by atoms with Crippen LogP contribution in [-0.4, -0.2) is 30.4 Å². The third-order valence-corrected chi connectivity index (χ3v) is 9.73. The van der Waals surface area contributed by atoms with Crippen LogP contribution in [0.5, 0.6) is 0 Å². The molecule has 0 atom stereocenters. The van der Waals surface area contributed by atoms with Gasteiger partial charge in [-0.25, -0.2) is 13.4 Å². The van der Waals surface area contributed by atoms with Crippen molar-refractivity contribution in [2.24, 2.45) is 4.99 Å². The monoisotopic (exact) mass is 495 g/mol. The summed E-state index contributed by atoms with van der Waals surface area (Å²) in [6.07, 6.45) is 10.1. The van der Waals surface area contributed by atoms with Crippen molar-refractivity contribution < 1.29 is 8.42 Å². The molecule has 34 heavy (non-hydrogen) atoms. The summed E-state index contributed by atoms with van der Waals surface area (Å²) in [7, 11) is -3.49. The molecule has 1 aliphatic heterocycles. The lowest BCUT2D eigenvalue weighted by molar-refractivity contribution is 0.351. The first-order valence-corrected chi connectivity index (χ1v) is 14.9. The van der Waals surface area contributed by atoms with E-state index in [1.54, 1.807) is 21.7 Å². The van der Waals surface area contributed by atoms with Crippen LogP contribution in [-0.2, 0) is 10.0 Å². The predicted octanol–water partition coefficient (Wildman–Crippen LogP) is 6.52. The molecule has 0 unspecified atom stereocenters. The molecule has 0 N–H and O–H groups in total. The van der Waals surface area contributed by atoms with Crippen LogP contribution in [0.25, 0.3) is 11.3 Å². The molecule has 1 saturated carbocycles. The van der Waals surface area contributed by atoms with E-state index in [1.165, 1.54) is 19.3 Å². The molecule has 0 bridgehead atoms. The van der Waals surface area contributed by atoms with E-state index in [1.807, 2.05) is 48.5 Å². The van der Waals surface area contributed by atoms with E-state index in [0.29, 0.717) is 24.0 Å². The van der Waals surface area contributed by atoms with Crippen LogP contribution < -0.4 is 4.80 Å². The Bertz CT molecular complexity index is 1260. The summed E-state index contributed by atoms with van der Waals surface area (Å²) in [4.78, 5) is 6.35. The lowest BCUT2D eigenvalue weighted by atomic mass is 9.95. The van der Waals surface area contributed by atoms with Crippen molar-refractivity contribution in [3.63, 3.8) is 0 Å². The Morgan fingerprint density at radius 1 is 0.824 bits per heavy atom. The van der Waals surface area contributed by atoms with Gasteiger partial charge >= 0.3 is 0 Å². The average molecular weight is 496 g/mol. The van der Waals surface area contributed by atoms with E-state index in [0.717, 1.165) is 60.3 Å². The van der Waals surface area contributed by atoms with Gasteiger partial charge in [0.25, 0.3) is 0 Å². The van der Waals surface area contributed by atoms with Crippen molar-refractivity contribution in [3.8, 4) is 11.3 Å². The molecule has 3 aromatic rings. The van der Waals surface area contributed by atoms with Crippen LogP contribution in [0, 0.1) is 0 Å². The topological polar surface area (TPSA) is 54.7 Å². The summed E-state index contributed by atoms with van der Waals surface area (Å²) in [6, 6.07) is 18.0. The van der Waals surface area contributed by atoms with Crippen molar-refractivity contribution >= 4 is 27.0 Å². The second-order valence-corrected chi connectivity index (χ2v) is 12.1. The molecule has 1 aromatic heterocycles. The molecule has 0 radical (unpaired) electrons. The van der Waals surface area contributed by atoms with Crippen LogP contribution in [0.2, 0.25) is 0 Å².